The van der Waals surface area contributed by atoms with Crippen LogP contribution in [0.15, 0.2) is 18.2 Å². The van der Waals surface area contributed by atoms with E-state index in [0.29, 0.717) is 23.0 Å². The van der Waals surface area contributed by atoms with Crippen molar-refractivity contribution < 1.29 is 4.39 Å². The quantitative estimate of drug-likeness (QED) is 0.840. The van der Waals surface area contributed by atoms with Crippen molar-refractivity contribution in [2.75, 3.05) is 18.6 Å². The standard InChI is InChI=1S/C12H17ClFNS/c1-9(8-16-2)6-15-7-10-11(13)4-3-5-12(10)14/h3-5,9,15H,6-8H2,1-2H3. The third-order valence-electron chi connectivity index (χ3n) is 2.31. The van der Waals surface area contributed by atoms with Crippen LogP contribution in [-0.4, -0.2) is 18.6 Å². The molecular weight excluding hydrogens is 245 g/mol. The summed E-state index contributed by atoms with van der Waals surface area (Å²) in [6, 6.07) is 4.78. The van der Waals surface area contributed by atoms with Crippen molar-refractivity contribution in [2.24, 2.45) is 5.92 Å². The monoisotopic (exact) mass is 261 g/mol. The molecule has 0 aliphatic rings. The molecule has 0 spiro atoms. The van der Waals surface area contributed by atoms with E-state index in [9.17, 15) is 4.39 Å². The molecular formula is C12H17ClFNS. The summed E-state index contributed by atoms with van der Waals surface area (Å²) in [7, 11) is 0. The Morgan fingerprint density at radius 1 is 1.50 bits per heavy atom. The number of nitrogens with one attached hydrogen (secondary N) is 1. The molecule has 1 unspecified atom stereocenters. The minimum absolute atomic E-state index is 0.238. The van der Waals surface area contributed by atoms with Crippen molar-refractivity contribution in [2.45, 2.75) is 13.5 Å². The van der Waals surface area contributed by atoms with Crippen molar-refractivity contribution in [3.63, 3.8) is 0 Å². The molecule has 1 aromatic carbocycles. The van der Waals surface area contributed by atoms with Crippen molar-refractivity contribution in [1.82, 2.24) is 5.32 Å². The summed E-state index contributed by atoms with van der Waals surface area (Å²) >= 11 is 7.74. The lowest BCUT2D eigenvalue weighted by molar-refractivity contribution is 0.540. The van der Waals surface area contributed by atoms with Gasteiger partial charge >= 0.3 is 0 Å². The zero-order valence-corrected chi connectivity index (χ0v) is 11.2. The van der Waals surface area contributed by atoms with Gasteiger partial charge in [-0.15, -0.1) is 0 Å². The van der Waals surface area contributed by atoms with Gasteiger partial charge in [0.25, 0.3) is 0 Å². The Kier molecular flexibility index (Phi) is 6.17. The number of hydrogen-bond acceptors (Lipinski definition) is 2. The van der Waals surface area contributed by atoms with E-state index in [-0.39, 0.29) is 5.82 Å². The van der Waals surface area contributed by atoms with Gasteiger partial charge in [-0.1, -0.05) is 24.6 Å². The van der Waals surface area contributed by atoms with Crippen LogP contribution in [0.1, 0.15) is 12.5 Å². The third-order valence-corrected chi connectivity index (χ3v) is 3.56. The zero-order valence-electron chi connectivity index (χ0n) is 9.59. The molecule has 0 heterocycles. The number of halogens is 2. The predicted octanol–water partition coefficient (Wildman–Crippen LogP) is 3.57. The summed E-state index contributed by atoms with van der Waals surface area (Å²) in [6.07, 6.45) is 2.09. The first-order valence-corrected chi connectivity index (χ1v) is 7.05. The van der Waals surface area contributed by atoms with Crippen LogP contribution in [0, 0.1) is 11.7 Å². The van der Waals surface area contributed by atoms with Crippen LogP contribution in [0.4, 0.5) is 4.39 Å². The topological polar surface area (TPSA) is 12.0 Å². The minimum atomic E-state index is -0.238. The van der Waals surface area contributed by atoms with E-state index in [1.165, 1.54) is 6.07 Å². The zero-order chi connectivity index (χ0) is 12.0. The van der Waals surface area contributed by atoms with Crippen LogP contribution in [0.25, 0.3) is 0 Å². The Morgan fingerprint density at radius 3 is 2.88 bits per heavy atom. The van der Waals surface area contributed by atoms with Crippen molar-refractivity contribution in [3.05, 3.63) is 34.6 Å². The van der Waals surface area contributed by atoms with Crippen LogP contribution in [0.2, 0.25) is 5.02 Å². The van der Waals surface area contributed by atoms with Gasteiger partial charge < -0.3 is 5.32 Å². The first-order chi connectivity index (χ1) is 7.65. The first kappa shape index (κ1) is 13.8. The fraction of sp³-hybridized carbons (Fsp3) is 0.500. The third kappa shape index (κ3) is 4.32. The summed E-state index contributed by atoms with van der Waals surface area (Å²) in [6.45, 7) is 3.54. The first-order valence-electron chi connectivity index (χ1n) is 5.27. The number of benzene rings is 1. The Bertz CT molecular complexity index is 313. The van der Waals surface area contributed by atoms with Gasteiger partial charge in [-0.3, -0.25) is 0 Å². The molecule has 4 heteroatoms. The molecule has 0 amide bonds. The lowest BCUT2D eigenvalue weighted by Crippen LogP contribution is -2.22. The second-order valence-electron chi connectivity index (χ2n) is 3.89. The van der Waals surface area contributed by atoms with E-state index in [4.69, 9.17) is 11.6 Å². The number of hydrogen-bond donors (Lipinski definition) is 1. The molecule has 90 valence electrons. The van der Waals surface area contributed by atoms with E-state index >= 15 is 0 Å². The lowest BCUT2D eigenvalue weighted by Gasteiger charge is -2.12. The average Bonchev–Trinajstić information content (AvgIpc) is 2.23. The van der Waals surface area contributed by atoms with Crippen LogP contribution >= 0.6 is 23.4 Å². The molecule has 1 nitrogen and oxygen atoms in total. The second-order valence-corrected chi connectivity index (χ2v) is 5.21. The highest BCUT2D eigenvalue weighted by Gasteiger charge is 2.07. The number of rotatable bonds is 6. The van der Waals surface area contributed by atoms with Gasteiger partial charge in [-0.05, 0) is 36.6 Å². The van der Waals surface area contributed by atoms with Gasteiger partial charge in [-0.2, -0.15) is 11.8 Å². The van der Waals surface area contributed by atoms with Crippen molar-refractivity contribution in [3.8, 4) is 0 Å². The van der Waals surface area contributed by atoms with Gasteiger partial charge in [0.2, 0.25) is 0 Å². The largest absolute Gasteiger partial charge is 0.312 e. The molecule has 0 saturated heterocycles. The Balaban J connectivity index is 2.43. The van der Waals surface area contributed by atoms with E-state index in [2.05, 4.69) is 18.5 Å². The Hall–Kier alpha value is -0.250. The van der Waals surface area contributed by atoms with Crippen molar-refractivity contribution in [1.29, 1.82) is 0 Å². The average molecular weight is 262 g/mol. The summed E-state index contributed by atoms with van der Waals surface area (Å²) < 4.78 is 13.4. The van der Waals surface area contributed by atoms with Gasteiger partial charge in [0, 0.05) is 17.1 Å². The maximum atomic E-state index is 13.4. The summed E-state index contributed by atoms with van der Waals surface area (Å²) in [5.41, 5.74) is 0.556. The summed E-state index contributed by atoms with van der Waals surface area (Å²) in [4.78, 5) is 0. The Morgan fingerprint density at radius 2 is 2.25 bits per heavy atom. The summed E-state index contributed by atoms with van der Waals surface area (Å²) in [5, 5.41) is 3.72. The van der Waals surface area contributed by atoms with Gasteiger partial charge in [0.1, 0.15) is 5.82 Å². The summed E-state index contributed by atoms with van der Waals surface area (Å²) in [5.74, 6) is 1.45. The molecule has 1 atom stereocenters. The van der Waals surface area contributed by atoms with E-state index in [1.807, 2.05) is 11.8 Å². The molecule has 0 fully saturated rings. The van der Waals surface area contributed by atoms with Gasteiger partial charge in [-0.25, -0.2) is 4.39 Å². The molecule has 1 N–H and O–H groups in total. The maximum absolute atomic E-state index is 13.4. The highest BCUT2D eigenvalue weighted by atomic mass is 35.5. The molecule has 0 aliphatic heterocycles. The van der Waals surface area contributed by atoms with E-state index < -0.39 is 0 Å². The van der Waals surface area contributed by atoms with Gasteiger partial charge in [0.15, 0.2) is 0 Å². The molecule has 0 saturated carbocycles. The van der Waals surface area contributed by atoms with Crippen LogP contribution in [0.5, 0.6) is 0 Å². The fourth-order valence-electron chi connectivity index (χ4n) is 1.49. The SMILES string of the molecule is CSCC(C)CNCc1c(F)cccc1Cl. The van der Waals surface area contributed by atoms with Crippen LogP contribution in [0.3, 0.4) is 0 Å². The fourth-order valence-corrected chi connectivity index (χ4v) is 2.40. The Labute approximate surface area is 106 Å². The lowest BCUT2D eigenvalue weighted by atomic mass is 10.2. The molecule has 1 aromatic rings. The molecule has 16 heavy (non-hydrogen) atoms. The smallest absolute Gasteiger partial charge is 0.129 e. The molecule has 0 bridgehead atoms. The normalized spacial score (nSPS) is 12.8. The highest BCUT2D eigenvalue weighted by molar-refractivity contribution is 7.98. The highest BCUT2D eigenvalue weighted by Crippen LogP contribution is 2.18. The molecule has 0 aromatic heterocycles. The van der Waals surface area contributed by atoms with Gasteiger partial charge in [0.05, 0.1) is 0 Å². The predicted molar refractivity (Wildman–Crippen MR) is 70.7 cm³/mol. The van der Waals surface area contributed by atoms with E-state index in [1.54, 1.807) is 12.1 Å². The minimum Gasteiger partial charge on any atom is -0.312 e. The maximum Gasteiger partial charge on any atom is 0.129 e. The van der Waals surface area contributed by atoms with Crippen molar-refractivity contribution >= 4 is 23.4 Å². The van der Waals surface area contributed by atoms with Crippen LogP contribution in [-0.2, 0) is 6.54 Å². The molecule has 0 radical (unpaired) electrons. The van der Waals surface area contributed by atoms with Crippen LogP contribution < -0.4 is 5.32 Å². The van der Waals surface area contributed by atoms with E-state index in [0.717, 1.165) is 12.3 Å². The number of thioether (sulfide) groups is 1. The molecule has 1 rings (SSSR count). The molecule has 0 aliphatic carbocycles. The second kappa shape index (κ2) is 7.15.